The average Bonchev–Trinajstić information content (AvgIpc) is 3.22. The minimum absolute atomic E-state index is 0.111. The molecule has 8 heteroatoms. The molecule has 8 nitrogen and oxygen atoms in total. The van der Waals surface area contributed by atoms with Crippen LogP contribution in [0.15, 0.2) is 52.9 Å². The number of non-ortho nitro benzene ring substituents is 1. The van der Waals surface area contributed by atoms with E-state index in [0.29, 0.717) is 43.3 Å². The first kappa shape index (κ1) is 19.9. The SMILES string of the molecule is CC(c1cc2ccccc2o1)N(C)C(=O)c1cc([N+](=O)[O-])ccc1N1CCOCC1. The summed E-state index contributed by atoms with van der Waals surface area (Å²) in [6, 6.07) is 13.7. The minimum Gasteiger partial charge on any atom is -0.459 e. The van der Waals surface area contributed by atoms with Gasteiger partial charge in [-0.2, -0.15) is 0 Å². The number of morpholine rings is 1. The van der Waals surface area contributed by atoms with E-state index in [1.54, 1.807) is 18.0 Å². The topological polar surface area (TPSA) is 89.1 Å². The van der Waals surface area contributed by atoms with Crippen molar-refractivity contribution in [1.29, 1.82) is 0 Å². The maximum atomic E-state index is 13.4. The number of rotatable bonds is 5. The third-order valence-corrected chi connectivity index (χ3v) is 5.53. The monoisotopic (exact) mass is 409 g/mol. The molecular weight excluding hydrogens is 386 g/mol. The Bertz CT molecular complexity index is 1050. The number of nitrogens with zero attached hydrogens (tertiary/aromatic N) is 3. The van der Waals surface area contributed by atoms with Crippen LogP contribution in [0.1, 0.15) is 29.1 Å². The second kappa shape index (κ2) is 8.16. The van der Waals surface area contributed by atoms with Crippen LogP contribution in [0, 0.1) is 10.1 Å². The number of nitro groups is 1. The van der Waals surface area contributed by atoms with E-state index >= 15 is 0 Å². The molecule has 0 N–H and O–H groups in total. The molecule has 1 aliphatic heterocycles. The van der Waals surface area contributed by atoms with Crippen LogP contribution in [0.5, 0.6) is 0 Å². The van der Waals surface area contributed by atoms with E-state index in [2.05, 4.69) is 0 Å². The summed E-state index contributed by atoms with van der Waals surface area (Å²) in [5.41, 5.74) is 1.62. The summed E-state index contributed by atoms with van der Waals surface area (Å²) in [6.45, 7) is 4.23. The van der Waals surface area contributed by atoms with Gasteiger partial charge in [-0.15, -0.1) is 0 Å². The second-order valence-corrected chi connectivity index (χ2v) is 7.34. The largest absolute Gasteiger partial charge is 0.459 e. The minimum atomic E-state index is -0.484. The number of fused-ring (bicyclic) bond motifs is 1. The van der Waals surface area contributed by atoms with Crippen molar-refractivity contribution in [2.45, 2.75) is 13.0 Å². The molecular formula is C22H23N3O5. The quantitative estimate of drug-likeness (QED) is 0.467. The summed E-state index contributed by atoms with van der Waals surface area (Å²) in [5, 5.41) is 12.3. The molecule has 0 aliphatic carbocycles. The van der Waals surface area contributed by atoms with Crippen molar-refractivity contribution in [3.05, 3.63) is 70.0 Å². The maximum absolute atomic E-state index is 13.4. The molecule has 1 amide bonds. The van der Waals surface area contributed by atoms with E-state index in [1.165, 1.54) is 12.1 Å². The van der Waals surface area contributed by atoms with Gasteiger partial charge in [0.05, 0.1) is 35.4 Å². The van der Waals surface area contributed by atoms with Crippen LogP contribution in [0.25, 0.3) is 11.0 Å². The smallest absolute Gasteiger partial charge is 0.270 e. The summed E-state index contributed by atoms with van der Waals surface area (Å²) in [6.07, 6.45) is 0. The Morgan fingerprint density at radius 3 is 2.60 bits per heavy atom. The Morgan fingerprint density at radius 2 is 1.90 bits per heavy atom. The van der Waals surface area contributed by atoms with Crippen LogP contribution in [-0.4, -0.2) is 49.1 Å². The molecule has 1 unspecified atom stereocenters. The van der Waals surface area contributed by atoms with E-state index in [-0.39, 0.29) is 17.6 Å². The van der Waals surface area contributed by atoms with Crippen molar-refractivity contribution in [1.82, 2.24) is 4.90 Å². The highest BCUT2D eigenvalue weighted by molar-refractivity contribution is 6.00. The highest BCUT2D eigenvalue weighted by Crippen LogP contribution is 2.31. The first-order valence-electron chi connectivity index (χ1n) is 9.82. The molecule has 0 bridgehead atoms. The van der Waals surface area contributed by atoms with Gasteiger partial charge in [-0.05, 0) is 25.1 Å². The Labute approximate surface area is 173 Å². The highest BCUT2D eigenvalue weighted by Gasteiger charge is 2.27. The zero-order valence-corrected chi connectivity index (χ0v) is 16.9. The number of hydrogen-bond donors (Lipinski definition) is 0. The molecule has 3 aromatic rings. The fraction of sp³-hybridized carbons (Fsp3) is 0.318. The second-order valence-electron chi connectivity index (χ2n) is 7.34. The van der Waals surface area contributed by atoms with Crippen molar-refractivity contribution < 1.29 is 18.9 Å². The van der Waals surface area contributed by atoms with Gasteiger partial charge < -0.3 is 19.0 Å². The molecule has 0 spiro atoms. The van der Waals surface area contributed by atoms with Gasteiger partial charge in [-0.3, -0.25) is 14.9 Å². The van der Waals surface area contributed by atoms with Crippen molar-refractivity contribution >= 4 is 28.3 Å². The molecule has 1 aromatic heterocycles. The number of amides is 1. The van der Waals surface area contributed by atoms with Crippen molar-refractivity contribution in [3.63, 3.8) is 0 Å². The van der Waals surface area contributed by atoms with Gasteiger partial charge in [0.15, 0.2) is 0 Å². The number of carbonyl (C=O) groups excluding carboxylic acids is 1. The molecule has 0 saturated carbocycles. The molecule has 1 aliphatic rings. The number of benzene rings is 2. The lowest BCUT2D eigenvalue weighted by molar-refractivity contribution is -0.384. The molecule has 1 saturated heterocycles. The van der Waals surface area contributed by atoms with Crippen LogP contribution >= 0.6 is 0 Å². The molecule has 2 aromatic carbocycles. The lowest BCUT2D eigenvalue weighted by Crippen LogP contribution is -2.38. The van der Waals surface area contributed by atoms with E-state index in [4.69, 9.17) is 9.15 Å². The lowest BCUT2D eigenvalue weighted by Gasteiger charge is -2.31. The lowest BCUT2D eigenvalue weighted by atomic mass is 10.1. The van der Waals surface area contributed by atoms with Gasteiger partial charge in [0.25, 0.3) is 11.6 Å². The van der Waals surface area contributed by atoms with Crippen molar-refractivity contribution in [2.75, 3.05) is 38.3 Å². The summed E-state index contributed by atoms with van der Waals surface area (Å²) in [7, 11) is 1.68. The maximum Gasteiger partial charge on any atom is 0.270 e. The van der Waals surface area contributed by atoms with Crippen LogP contribution in [0.3, 0.4) is 0 Å². The predicted molar refractivity (Wildman–Crippen MR) is 113 cm³/mol. The zero-order chi connectivity index (χ0) is 21.3. The molecule has 2 heterocycles. The Balaban J connectivity index is 1.67. The van der Waals surface area contributed by atoms with Crippen molar-refractivity contribution in [3.8, 4) is 0 Å². The van der Waals surface area contributed by atoms with Crippen molar-refractivity contribution in [2.24, 2.45) is 0 Å². The van der Waals surface area contributed by atoms with E-state index in [0.717, 1.165) is 11.0 Å². The van der Waals surface area contributed by atoms with E-state index in [1.807, 2.05) is 42.2 Å². The molecule has 1 atom stereocenters. The first-order chi connectivity index (χ1) is 14.5. The number of furan rings is 1. The number of ether oxygens (including phenoxy) is 1. The molecule has 30 heavy (non-hydrogen) atoms. The van der Waals surface area contributed by atoms with E-state index < -0.39 is 4.92 Å². The van der Waals surface area contributed by atoms with Gasteiger partial charge in [-0.25, -0.2) is 0 Å². The normalized spacial score (nSPS) is 15.2. The number of nitro benzene ring substituents is 1. The summed E-state index contributed by atoms with van der Waals surface area (Å²) in [5.74, 6) is 0.360. The highest BCUT2D eigenvalue weighted by atomic mass is 16.6. The molecule has 156 valence electrons. The average molecular weight is 409 g/mol. The summed E-state index contributed by atoms with van der Waals surface area (Å²) >= 11 is 0. The number of carbonyl (C=O) groups is 1. The molecule has 0 radical (unpaired) electrons. The van der Waals surface area contributed by atoms with Crippen LogP contribution < -0.4 is 4.90 Å². The first-order valence-corrected chi connectivity index (χ1v) is 9.82. The number of hydrogen-bond acceptors (Lipinski definition) is 6. The third-order valence-electron chi connectivity index (χ3n) is 5.53. The fourth-order valence-corrected chi connectivity index (χ4v) is 3.65. The zero-order valence-electron chi connectivity index (χ0n) is 16.9. The van der Waals surface area contributed by atoms with Crippen LogP contribution in [0.2, 0.25) is 0 Å². The Kier molecular flexibility index (Phi) is 5.41. The predicted octanol–water partition coefficient (Wildman–Crippen LogP) is 4.01. The summed E-state index contributed by atoms with van der Waals surface area (Å²) in [4.78, 5) is 27.8. The van der Waals surface area contributed by atoms with Crippen LogP contribution in [-0.2, 0) is 4.74 Å². The van der Waals surface area contributed by atoms with E-state index in [9.17, 15) is 14.9 Å². The standard InChI is InChI=1S/C22H23N3O5/c1-15(21-13-16-5-3-4-6-20(16)30-21)23(2)22(26)18-14-17(25(27)28)7-8-19(18)24-9-11-29-12-10-24/h3-8,13-15H,9-12H2,1-2H3. The van der Waals surface area contributed by atoms with Gasteiger partial charge in [0, 0.05) is 37.7 Å². The van der Waals surface area contributed by atoms with Gasteiger partial charge >= 0.3 is 0 Å². The Morgan fingerprint density at radius 1 is 1.17 bits per heavy atom. The van der Waals surface area contributed by atoms with Gasteiger partial charge in [0.2, 0.25) is 0 Å². The summed E-state index contributed by atoms with van der Waals surface area (Å²) < 4.78 is 11.3. The van der Waals surface area contributed by atoms with Gasteiger partial charge in [0.1, 0.15) is 11.3 Å². The Hall–Kier alpha value is -3.39. The van der Waals surface area contributed by atoms with Gasteiger partial charge in [-0.1, -0.05) is 18.2 Å². The third kappa shape index (κ3) is 3.73. The molecule has 1 fully saturated rings. The fourth-order valence-electron chi connectivity index (χ4n) is 3.65. The molecule has 4 rings (SSSR count). The number of anilines is 1. The number of para-hydroxylation sites is 1. The van der Waals surface area contributed by atoms with Crippen LogP contribution in [0.4, 0.5) is 11.4 Å².